The number of piperidine rings is 2. The maximum absolute atomic E-state index is 15.7. The number of hydrogen-bond donors (Lipinski definition) is 3. The van der Waals surface area contributed by atoms with E-state index in [-0.39, 0.29) is 16.8 Å². The average molecular weight is 749 g/mol. The summed E-state index contributed by atoms with van der Waals surface area (Å²) in [6.45, 7) is 18.2. The molecule has 11 heteroatoms. The number of aromatic nitrogens is 3. The summed E-state index contributed by atoms with van der Waals surface area (Å²) in [4.78, 5) is 17.4. The van der Waals surface area contributed by atoms with Crippen LogP contribution in [0, 0.1) is 18.6 Å². The van der Waals surface area contributed by atoms with E-state index < -0.39 is 11.6 Å². The lowest BCUT2D eigenvalue weighted by molar-refractivity contribution is 0.254. The Hall–Kier alpha value is -4.71. The van der Waals surface area contributed by atoms with E-state index in [1.165, 1.54) is 53.9 Å². The van der Waals surface area contributed by atoms with Crippen molar-refractivity contribution in [2.45, 2.75) is 51.5 Å². The summed E-state index contributed by atoms with van der Waals surface area (Å²) in [5.74, 6) is 0.224. The van der Waals surface area contributed by atoms with Gasteiger partial charge in [-0.3, -0.25) is 0 Å². The molecule has 0 radical (unpaired) electrons. The molecule has 8 nitrogen and oxygen atoms in total. The Labute approximate surface area is 322 Å². The first-order valence-electron chi connectivity index (χ1n) is 18.9. The van der Waals surface area contributed by atoms with E-state index in [1.54, 1.807) is 12.4 Å². The molecule has 0 atom stereocenters. The number of nitrogens with zero attached hydrogens (tertiary/aromatic N) is 5. The molecular weight excluding hydrogens is 699 g/mol. The van der Waals surface area contributed by atoms with Crippen molar-refractivity contribution in [3.8, 4) is 11.1 Å². The molecule has 0 unspecified atom stereocenters. The summed E-state index contributed by atoms with van der Waals surface area (Å²) in [6, 6.07) is 18.2. The predicted octanol–water partition coefficient (Wildman–Crippen LogP) is 9.15. The molecule has 0 saturated carbocycles. The molecule has 0 aliphatic carbocycles. The highest BCUT2D eigenvalue weighted by atomic mass is 32.2. The van der Waals surface area contributed by atoms with Gasteiger partial charge in [0, 0.05) is 104 Å². The number of aromatic amines is 1. The van der Waals surface area contributed by atoms with Crippen LogP contribution in [0.3, 0.4) is 0 Å². The Morgan fingerprint density at radius 3 is 2.39 bits per heavy atom. The number of anilines is 2. The second-order valence-corrected chi connectivity index (χ2v) is 15.5. The van der Waals surface area contributed by atoms with Crippen molar-refractivity contribution in [2.75, 3.05) is 55.9 Å². The molecule has 2 saturated heterocycles. The highest BCUT2D eigenvalue weighted by Gasteiger charge is 2.24. The number of halogens is 2. The van der Waals surface area contributed by atoms with Gasteiger partial charge in [0.2, 0.25) is 0 Å². The van der Waals surface area contributed by atoms with Gasteiger partial charge in [0.15, 0.2) is 5.82 Å². The van der Waals surface area contributed by atoms with Crippen LogP contribution in [-0.2, 0) is 0 Å². The molecule has 3 aromatic heterocycles. The largest absolute Gasteiger partial charge is 0.374 e. The second-order valence-electron chi connectivity index (χ2n) is 14.5. The zero-order valence-corrected chi connectivity index (χ0v) is 32.3. The molecule has 282 valence electrons. The zero-order chi connectivity index (χ0) is 37.8. The van der Waals surface area contributed by atoms with Crippen LogP contribution in [0.25, 0.3) is 27.7 Å². The van der Waals surface area contributed by atoms with Gasteiger partial charge in [0.25, 0.3) is 0 Å². The van der Waals surface area contributed by atoms with Crippen molar-refractivity contribution in [1.29, 1.82) is 0 Å². The Morgan fingerprint density at radius 1 is 0.944 bits per heavy atom. The average Bonchev–Trinajstić information content (AvgIpc) is 3.64. The van der Waals surface area contributed by atoms with Crippen LogP contribution in [0.2, 0.25) is 0 Å². The molecule has 0 amide bonds. The minimum atomic E-state index is -0.689. The molecule has 5 aromatic rings. The number of benzene rings is 2. The smallest absolute Gasteiger partial charge is 0.157 e. The fourth-order valence-corrected chi connectivity index (χ4v) is 7.98. The highest BCUT2D eigenvalue weighted by Crippen LogP contribution is 2.36. The number of likely N-dealkylation sites (tertiary alicyclic amines) is 1. The Bertz CT molecular complexity index is 2080. The first-order valence-corrected chi connectivity index (χ1v) is 19.7. The quantitative estimate of drug-likeness (QED) is 0.103. The van der Waals surface area contributed by atoms with Gasteiger partial charge >= 0.3 is 0 Å². The third-order valence-corrected chi connectivity index (χ3v) is 11.9. The van der Waals surface area contributed by atoms with Crippen LogP contribution in [0.1, 0.15) is 60.8 Å². The van der Waals surface area contributed by atoms with E-state index in [9.17, 15) is 0 Å². The fraction of sp³-hybridized carbons (Fsp3) is 0.349. The van der Waals surface area contributed by atoms with Crippen molar-refractivity contribution in [2.24, 2.45) is 0 Å². The molecule has 2 fully saturated rings. The van der Waals surface area contributed by atoms with Crippen LogP contribution >= 0.6 is 12.1 Å². The summed E-state index contributed by atoms with van der Waals surface area (Å²) < 4.78 is 35.6. The van der Waals surface area contributed by atoms with Gasteiger partial charge < -0.3 is 24.8 Å². The van der Waals surface area contributed by atoms with Crippen molar-refractivity contribution in [3.63, 3.8) is 0 Å². The van der Waals surface area contributed by atoms with Gasteiger partial charge in [-0.15, -0.1) is 0 Å². The minimum Gasteiger partial charge on any atom is -0.374 e. The van der Waals surface area contributed by atoms with Crippen LogP contribution in [-0.4, -0.2) is 76.5 Å². The van der Waals surface area contributed by atoms with E-state index in [1.807, 2.05) is 30.5 Å². The normalized spacial score (nSPS) is 15.7. The lowest BCUT2D eigenvalue weighted by atomic mass is 9.89. The van der Waals surface area contributed by atoms with Crippen LogP contribution in [0.5, 0.6) is 0 Å². The SMILES string of the molecule is C=C(c1c(F)ccc(NSN(C)CC)c1F)c1c[nH]c2ncc(-c3ccc(N4CCC(NCC(=C)N5CCC(c6ccc(C)cc6)CC5)CC4)nc3)cc12. The van der Waals surface area contributed by atoms with Crippen molar-refractivity contribution < 1.29 is 8.78 Å². The first-order chi connectivity index (χ1) is 26.2. The number of H-pyrrole nitrogens is 1. The maximum Gasteiger partial charge on any atom is 0.157 e. The second kappa shape index (κ2) is 16.8. The van der Waals surface area contributed by atoms with Crippen LogP contribution in [0.4, 0.5) is 20.3 Å². The molecule has 5 heterocycles. The van der Waals surface area contributed by atoms with E-state index in [0.29, 0.717) is 23.2 Å². The van der Waals surface area contributed by atoms with Gasteiger partial charge in [-0.1, -0.05) is 49.9 Å². The van der Waals surface area contributed by atoms with E-state index in [2.05, 4.69) is 86.3 Å². The summed E-state index contributed by atoms with van der Waals surface area (Å²) in [5, 5.41) is 4.50. The van der Waals surface area contributed by atoms with Crippen LogP contribution in [0.15, 0.2) is 92.0 Å². The molecule has 7 rings (SSSR count). The van der Waals surface area contributed by atoms with E-state index in [0.717, 1.165) is 74.4 Å². The Kier molecular flexibility index (Phi) is 11.7. The number of pyridine rings is 2. The predicted molar refractivity (Wildman–Crippen MR) is 220 cm³/mol. The number of fused-ring (bicyclic) bond motifs is 1. The van der Waals surface area contributed by atoms with Crippen LogP contribution < -0.4 is 14.9 Å². The fourth-order valence-electron chi connectivity index (χ4n) is 7.44. The van der Waals surface area contributed by atoms with Crippen molar-refractivity contribution in [3.05, 3.63) is 126 Å². The molecule has 2 aromatic carbocycles. The topological polar surface area (TPSA) is 75.4 Å². The maximum atomic E-state index is 15.7. The standard InChI is InChI=1S/C43H50F2N8S/c1-6-51(5)54-50-39-13-12-38(44)41(42(39)45)30(4)37-27-49-43-36(37)23-34(26-48-43)33-11-14-40(47-25-33)53-21-17-35(18-22-53)46-24-29(3)52-19-15-32(16-20-52)31-9-7-28(2)8-10-31/h7-14,23,25-27,32,35,46,50H,3-4,6,15-22,24H2,1-2,5H3,(H,48,49). The van der Waals surface area contributed by atoms with Crippen molar-refractivity contribution >= 4 is 40.2 Å². The summed E-state index contributed by atoms with van der Waals surface area (Å²) in [7, 11) is 1.89. The molecule has 2 aliphatic rings. The third-order valence-electron chi connectivity index (χ3n) is 11.0. The first kappa shape index (κ1) is 37.6. The van der Waals surface area contributed by atoms with E-state index >= 15 is 8.78 Å². The number of aryl methyl sites for hydroxylation is 1. The van der Waals surface area contributed by atoms with Gasteiger partial charge in [0.1, 0.15) is 17.3 Å². The zero-order valence-electron chi connectivity index (χ0n) is 31.5. The minimum absolute atomic E-state index is 0.171. The number of nitrogens with one attached hydrogen (secondary N) is 3. The van der Waals surface area contributed by atoms with Gasteiger partial charge in [-0.05, 0) is 87.0 Å². The Balaban J connectivity index is 0.933. The third kappa shape index (κ3) is 8.33. The molecule has 54 heavy (non-hydrogen) atoms. The van der Waals surface area contributed by atoms with Gasteiger partial charge in [0.05, 0.1) is 11.3 Å². The number of rotatable bonds is 13. The van der Waals surface area contributed by atoms with Crippen molar-refractivity contribution in [1.82, 2.24) is 29.5 Å². The molecule has 0 bridgehead atoms. The summed E-state index contributed by atoms with van der Waals surface area (Å²) >= 11 is 1.25. The lowest BCUT2D eigenvalue weighted by Gasteiger charge is -2.37. The van der Waals surface area contributed by atoms with E-state index in [4.69, 9.17) is 4.98 Å². The van der Waals surface area contributed by atoms with Gasteiger partial charge in [-0.2, -0.15) is 0 Å². The lowest BCUT2D eigenvalue weighted by Crippen LogP contribution is -2.45. The molecule has 3 N–H and O–H groups in total. The van der Waals surface area contributed by atoms with Gasteiger partial charge in [-0.25, -0.2) is 23.1 Å². The molecule has 2 aliphatic heterocycles. The summed E-state index contributed by atoms with van der Waals surface area (Å²) in [5.41, 5.74) is 7.18. The molecule has 0 spiro atoms. The Morgan fingerprint density at radius 2 is 1.69 bits per heavy atom. The number of hydrogen-bond acceptors (Lipinski definition) is 8. The molecular formula is C43H50F2N8S. The highest BCUT2D eigenvalue weighted by molar-refractivity contribution is 7.98. The summed E-state index contributed by atoms with van der Waals surface area (Å²) in [6.07, 6.45) is 9.79. The monoisotopic (exact) mass is 748 g/mol.